The molecule has 0 aliphatic carbocycles. The summed E-state index contributed by atoms with van der Waals surface area (Å²) in [7, 11) is -4.84. The Hall–Kier alpha value is 0.219. The number of halogens is 3. The SMILES string of the molecule is O=[S](=O)([Cu])OC(F)(F)F. The van der Waals surface area contributed by atoms with Crippen LogP contribution in [0.2, 0.25) is 0 Å². The normalized spacial score (nSPS) is 13.9. The van der Waals surface area contributed by atoms with Crippen molar-refractivity contribution in [3.8, 4) is 0 Å². The van der Waals surface area contributed by atoms with Crippen LogP contribution < -0.4 is 0 Å². The van der Waals surface area contributed by atoms with Gasteiger partial charge in [-0.25, -0.2) is 0 Å². The van der Waals surface area contributed by atoms with Crippen LogP contribution >= 0.6 is 0 Å². The summed E-state index contributed by atoms with van der Waals surface area (Å²) < 4.78 is 54.1. The molecule has 0 fully saturated rings. The van der Waals surface area contributed by atoms with Gasteiger partial charge >= 0.3 is 55.6 Å². The molecule has 8 heteroatoms. The van der Waals surface area contributed by atoms with Crippen LogP contribution in [-0.4, -0.2) is 14.8 Å². The maximum absolute atomic E-state index is 10.9. The van der Waals surface area contributed by atoms with Crippen molar-refractivity contribution in [1.29, 1.82) is 0 Å². The Bertz CT molecular complexity index is 180. The van der Waals surface area contributed by atoms with E-state index in [9.17, 15) is 21.6 Å². The molecule has 0 unspecified atom stereocenters. The van der Waals surface area contributed by atoms with Crippen LogP contribution in [0.1, 0.15) is 0 Å². The number of rotatable bonds is 1. The monoisotopic (exact) mass is 212 g/mol. The fraction of sp³-hybridized carbons (Fsp3) is 1.00. The molecule has 0 radical (unpaired) electrons. The second-order valence-electron chi connectivity index (χ2n) is 0.884. The summed E-state index contributed by atoms with van der Waals surface area (Å²) in [6.07, 6.45) is -5.21. The van der Waals surface area contributed by atoms with E-state index in [-0.39, 0.29) is 0 Å². The van der Waals surface area contributed by atoms with Gasteiger partial charge in [0, 0.05) is 0 Å². The first-order chi connectivity index (χ1) is 3.71. The van der Waals surface area contributed by atoms with Crippen LogP contribution in [0, 0.1) is 0 Å². The zero-order valence-electron chi connectivity index (χ0n) is 3.57. The van der Waals surface area contributed by atoms with E-state index in [0.29, 0.717) is 0 Å². The van der Waals surface area contributed by atoms with Gasteiger partial charge in [0.15, 0.2) is 0 Å². The zero-order valence-corrected chi connectivity index (χ0v) is 5.33. The molecule has 0 spiro atoms. The molecule has 0 aromatic carbocycles. The van der Waals surface area contributed by atoms with Crippen LogP contribution in [0.15, 0.2) is 0 Å². The van der Waals surface area contributed by atoms with E-state index in [2.05, 4.69) is 19.1 Å². The molecule has 0 heterocycles. The van der Waals surface area contributed by atoms with Crippen molar-refractivity contribution >= 4 is 8.54 Å². The molecule has 0 bridgehead atoms. The first-order valence-electron chi connectivity index (χ1n) is 1.39. The first-order valence-corrected chi connectivity index (χ1v) is 3.79. The Labute approximate surface area is 56.2 Å². The second-order valence-corrected chi connectivity index (χ2v) is 3.17. The zero-order chi connectivity index (χ0) is 7.71. The maximum atomic E-state index is 10.9. The van der Waals surface area contributed by atoms with Crippen LogP contribution in [0.3, 0.4) is 0 Å². The van der Waals surface area contributed by atoms with Crippen molar-refractivity contribution in [2.75, 3.05) is 0 Å². The molecule has 0 saturated heterocycles. The van der Waals surface area contributed by atoms with E-state index in [1.807, 2.05) is 0 Å². The van der Waals surface area contributed by atoms with Crippen molar-refractivity contribution < 1.29 is 40.7 Å². The molecule has 0 aliphatic heterocycles. The Morgan fingerprint density at radius 1 is 1.33 bits per heavy atom. The van der Waals surface area contributed by atoms with Gasteiger partial charge in [0.2, 0.25) is 0 Å². The van der Waals surface area contributed by atoms with Crippen molar-refractivity contribution in [2.45, 2.75) is 6.36 Å². The molecular formula is CCuF3O3S. The van der Waals surface area contributed by atoms with Gasteiger partial charge in [0.05, 0.1) is 0 Å². The molecule has 0 amide bonds. The molecule has 0 atom stereocenters. The molecule has 0 aromatic rings. The average Bonchev–Trinajstić information content (AvgIpc) is 1.14. The van der Waals surface area contributed by atoms with Crippen molar-refractivity contribution in [2.24, 2.45) is 0 Å². The van der Waals surface area contributed by atoms with Crippen molar-refractivity contribution in [3.63, 3.8) is 0 Å². The molecule has 0 N–H and O–H groups in total. The minimum atomic E-state index is -5.21. The summed E-state index contributed by atoms with van der Waals surface area (Å²) >= 11 is 3.41. The Morgan fingerprint density at radius 2 is 1.67 bits per heavy atom. The van der Waals surface area contributed by atoms with Gasteiger partial charge in [-0.15, -0.1) is 0 Å². The van der Waals surface area contributed by atoms with Gasteiger partial charge in [-0.1, -0.05) is 0 Å². The molecule has 9 heavy (non-hydrogen) atoms. The fourth-order valence-corrected chi connectivity index (χ4v) is 0.584. The Kier molecular flexibility index (Phi) is 2.51. The average molecular weight is 213 g/mol. The summed E-state index contributed by atoms with van der Waals surface area (Å²) in [5.41, 5.74) is 0. The van der Waals surface area contributed by atoms with Gasteiger partial charge in [0.1, 0.15) is 0 Å². The summed E-state index contributed by atoms with van der Waals surface area (Å²) in [5, 5.41) is 0. The first kappa shape index (κ1) is 9.22. The van der Waals surface area contributed by atoms with E-state index < -0.39 is 14.9 Å². The Balaban J connectivity index is 4.07. The topological polar surface area (TPSA) is 43.4 Å². The molecule has 3 nitrogen and oxygen atoms in total. The van der Waals surface area contributed by atoms with Crippen LogP contribution in [-0.2, 0) is 27.6 Å². The third-order valence-electron chi connectivity index (χ3n) is 0.188. The van der Waals surface area contributed by atoms with Gasteiger partial charge in [-0.2, -0.15) is 0 Å². The molecule has 0 rings (SSSR count). The predicted octanol–water partition coefficient (Wildman–Crippen LogP) is 0.314. The van der Waals surface area contributed by atoms with Crippen molar-refractivity contribution in [1.82, 2.24) is 0 Å². The standard InChI is InChI=1S/CF3O3S.Cu/c2-1(3,4)7-8(5)6;. The minimum absolute atomic E-state index is 2.40. The third kappa shape index (κ3) is 8.22. The van der Waals surface area contributed by atoms with Gasteiger partial charge in [-0.05, 0) is 0 Å². The summed E-state index contributed by atoms with van der Waals surface area (Å²) in [6, 6.07) is 0. The molecular weight excluding hydrogens is 213 g/mol. The van der Waals surface area contributed by atoms with Crippen LogP contribution in [0.25, 0.3) is 0 Å². The van der Waals surface area contributed by atoms with Gasteiger partial charge in [0.25, 0.3) is 0 Å². The summed E-state index contributed by atoms with van der Waals surface area (Å²) in [5.74, 6) is 0. The van der Waals surface area contributed by atoms with E-state index in [0.717, 1.165) is 0 Å². The number of hydrogen-bond donors (Lipinski definition) is 0. The quantitative estimate of drug-likeness (QED) is 0.588. The Morgan fingerprint density at radius 3 is 1.67 bits per heavy atom. The van der Waals surface area contributed by atoms with E-state index >= 15 is 0 Å². The van der Waals surface area contributed by atoms with Crippen molar-refractivity contribution in [3.05, 3.63) is 0 Å². The van der Waals surface area contributed by atoms with Gasteiger partial charge < -0.3 is 0 Å². The van der Waals surface area contributed by atoms with Crippen LogP contribution in [0.4, 0.5) is 13.2 Å². The van der Waals surface area contributed by atoms with Gasteiger partial charge in [-0.3, -0.25) is 0 Å². The van der Waals surface area contributed by atoms with E-state index in [1.54, 1.807) is 0 Å². The summed E-state index contributed by atoms with van der Waals surface area (Å²) in [4.78, 5) is 0. The van der Waals surface area contributed by atoms with E-state index in [1.165, 1.54) is 0 Å². The van der Waals surface area contributed by atoms with Crippen LogP contribution in [0.5, 0.6) is 0 Å². The molecule has 60 valence electrons. The predicted molar refractivity (Wildman–Crippen MR) is 16.1 cm³/mol. The second kappa shape index (κ2) is 2.45. The number of hydrogen-bond acceptors (Lipinski definition) is 3. The number of alkyl halides is 3. The fourth-order valence-electron chi connectivity index (χ4n) is 0.106. The molecule has 0 saturated carbocycles. The molecule has 0 aromatic heterocycles. The third-order valence-corrected chi connectivity index (χ3v) is 0.798. The summed E-state index contributed by atoms with van der Waals surface area (Å²) in [6.45, 7) is 0. The molecule has 0 aliphatic rings. The van der Waals surface area contributed by atoms with E-state index in [4.69, 9.17) is 0 Å².